The Bertz CT molecular complexity index is 698. The summed E-state index contributed by atoms with van der Waals surface area (Å²) in [6.45, 7) is -0.100. The Morgan fingerprint density at radius 2 is 2.17 bits per heavy atom. The highest BCUT2D eigenvalue weighted by molar-refractivity contribution is 9.10. The SMILES string of the molecule is O=C(COc1ccc(Br)cc1Cl)Nc1ccnn1C1CCCC1. The summed E-state index contributed by atoms with van der Waals surface area (Å²) in [6.07, 6.45) is 6.34. The van der Waals surface area contributed by atoms with Gasteiger partial charge >= 0.3 is 0 Å². The number of aromatic nitrogens is 2. The first-order chi connectivity index (χ1) is 11.1. The van der Waals surface area contributed by atoms with Crippen LogP contribution in [0.5, 0.6) is 5.75 Å². The van der Waals surface area contributed by atoms with E-state index in [9.17, 15) is 4.79 Å². The lowest BCUT2D eigenvalue weighted by Crippen LogP contribution is -2.23. The number of hydrogen-bond acceptors (Lipinski definition) is 3. The molecule has 0 spiro atoms. The maximum Gasteiger partial charge on any atom is 0.263 e. The Balaban J connectivity index is 1.58. The van der Waals surface area contributed by atoms with E-state index < -0.39 is 0 Å². The lowest BCUT2D eigenvalue weighted by molar-refractivity contribution is -0.118. The molecule has 1 heterocycles. The van der Waals surface area contributed by atoms with Crippen LogP contribution in [-0.4, -0.2) is 22.3 Å². The van der Waals surface area contributed by atoms with Gasteiger partial charge in [-0.25, -0.2) is 4.68 Å². The van der Waals surface area contributed by atoms with E-state index in [-0.39, 0.29) is 12.5 Å². The second-order valence-electron chi connectivity index (χ2n) is 5.51. The van der Waals surface area contributed by atoms with E-state index in [4.69, 9.17) is 16.3 Å². The molecule has 1 aromatic carbocycles. The van der Waals surface area contributed by atoms with Crippen LogP contribution in [0.3, 0.4) is 0 Å². The van der Waals surface area contributed by atoms with Crippen LogP contribution in [0.2, 0.25) is 5.02 Å². The highest BCUT2D eigenvalue weighted by Crippen LogP contribution is 2.31. The highest BCUT2D eigenvalue weighted by Gasteiger charge is 2.20. The number of rotatable bonds is 5. The molecule has 122 valence electrons. The molecule has 1 amide bonds. The van der Waals surface area contributed by atoms with E-state index in [0.29, 0.717) is 22.6 Å². The van der Waals surface area contributed by atoms with E-state index in [1.54, 1.807) is 18.3 Å². The third-order valence-electron chi connectivity index (χ3n) is 3.86. The van der Waals surface area contributed by atoms with Crippen molar-refractivity contribution < 1.29 is 9.53 Å². The zero-order chi connectivity index (χ0) is 16.2. The van der Waals surface area contributed by atoms with Crippen molar-refractivity contribution in [2.45, 2.75) is 31.7 Å². The fourth-order valence-electron chi connectivity index (χ4n) is 2.77. The number of carbonyl (C=O) groups excluding carboxylic acids is 1. The minimum Gasteiger partial charge on any atom is -0.482 e. The summed E-state index contributed by atoms with van der Waals surface area (Å²) in [5, 5.41) is 7.64. The van der Waals surface area contributed by atoms with Crippen molar-refractivity contribution in [3.8, 4) is 5.75 Å². The molecule has 23 heavy (non-hydrogen) atoms. The molecule has 7 heteroatoms. The first kappa shape index (κ1) is 16.3. The predicted octanol–water partition coefficient (Wildman–Crippen LogP) is 4.43. The molecule has 1 aliphatic rings. The summed E-state index contributed by atoms with van der Waals surface area (Å²) >= 11 is 9.39. The van der Waals surface area contributed by atoms with E-state index in [0.717, 1.165) is 17.3 Å². The summed E-state index contributed by atoms with van der Waals surface area (Å²) in [5.41, 5.74) is 0. The molecule has 0 aliphatic heterocycles. The molecule has 0 atom stereocenters. The minimum absolute atomic E-state index is 0.100. The van der Waals surface area contributed by atoms with Gasteiger partial charge < -0.3 is 10.1 Å². The van der Waals surface area contributed by atoms with Crippen LogP contribution in [0, 0.1) is 0 Å². The van der Waals surface area contributed by atoms with Gasteiger partial charge in [0.2, 0.25) is 0 Å². The molecule has 0 unspecified atom stereocenters. The number of ether oxygens (including phenoxy) is 1. The Labute approximate surface area is 148 Å². The normalized spacial score (nSPS) is 14.9. The molecule has 0 bridgehead atoms. The Morgan fingerprint density at radius 3 is 2.91 bits per heavy atom. The van der Waals surface area contributed by atoms with Gasteiger partial charge in [0.25, 0.3) is 5.91 Å². The number of anilines is 1. The fraction of sp³-hybridized carbons (Fsp3) is 0.375. The number of hydrogen-bond donors (Lipinski definition) is 1. The first-order valence-electron chi connectivity index (χ1n) is 7.54. The van der Waals surface area contributed by atoms with Crippen LogP contribution >= 0.6 is 27.5 Å². The average Bonchev–Trinajstić information content (AvgIpc) is 3.17. The Hall–Kier alpha value is -1.53. The van der Waals surface area contributed by atoms with Gasteiger partial charge in [-0.1, -0.05) is 40.4 Å². The van der Waals surface area contributed by atoms with Crippen LogP contribution in [0.1, 0.15) is 31.7 Å². The van der Waals surface area contributed by atoms with Crippen molar-refractivity contribution >= 4 is 39.3 Å². The van der Waals surface area contributed by atoms with Gasteiger partial charge in [0.05, 0.1) is 17.3 Å². The van der Waals surface area contributed by atoms with Crippen molar-refractivity contribution in [3.63, 3.8) is 0 Å². The molecule has 1 saturated carbocycles. The van der Waals surface area contributed by atoms with E-state index in [2.05, 4.69) is 26.3 Å². The summed E-state index contributed by atoms with van der Waals surface area (Å²) in [4.78, 5) is 12.1. The molecule has 1 aromatic heterocycles. The summed E-state index contributed by atoms with van der Waals surface area (Å²) < 4.78 is 8.23. The number of nitrogens with zero attached hydrogens (tertiary/aromatic N) is 2. The molecule has 0 radical (unpaired) electrons. The van der Waals surface area contributed by atoms with Gasteiger partial charge in [0, 0.05) is 10.5 Å². The lowest BCUT2D eigenvalue weighted by Gasteiger charge is -2.15. The fourth-order valence-corrected chi connectivity index (χ4v) is 3.50. The molecule has 0 saturated heterocycles. The molecule has 2 aromatic rings. The zero-order valence-corrected chi connectivity index (χ0v) is 14.8. The maximum atomic E-state index is 12.1. The quantitative estimate of drug-likeness (QED) is 0.810. The third-order valence-corrected chi connectivity index (χ3v) is 4.65. The Morgan fingerprint density at radius 1 is 1.39 bits per heavy atom. The van der Waals surface area contributed by atoms with Crippen molar-refractivity contribution in [1.82, 2.24) is 9.78 Å². The topological polar surface area (TPSA) is 56.1 Å². The van der Waals surface area contributed by atoms with Crippen LogP contribution < -0.4 is 10.1 Å². The van der Waals surface area contributed by atoms with Crippen molar-refractivity contribution in [3.05, 3.63) is 40.0 Å². The number of nitrogens with one attached hydrogen (secondary N) is 1. The van der Waals surface area contributed by atoms with Gasteiger partial charge in [-0.15, -0.1) is 0 Å². The second kappa shape index (κ2) is 7.36. The molecule has 3 rings (SSSR count). The molecular weight excluding hydrogens is 382 g/mol. The van der Waals surface area contributed by atoms with Crippen LogP contribution in [-0.2, 0) is 4.79 Å². The number of benzene rings is 1. The highest BCUT2D eigenvalue weighted by atomic mass is 79.9. The first-order valence-corrected chi connectivity index (χ1v) is 8.72. The minimum atomic E-state index is -0.233. The van der Waals surface area contributed by atoms with E-state index in [1.807, 2.05) is 16.8 Å². The van der Waals surface area contributed by atoms with Gasteiger partial charge in [0.1, 0.15) is 11.6 Å². The largest absolute Gasteiger partial charge is 0.482 e. The zero-order valence-electron chi connectivity index (χ0n) is 12.5. The van der Waals surface area contributed by atoms with Crippen molar-refractivity contribution in [2.75, 3.05) is 11.9 Å². The third kappa shape index (κ3) is 4.06. The summed E-state index contributed by atoms with van der Waals surface area (Å²) in [5.74, 6) is 0.963. The second-order valence-corrected chi connectivity index (χ2v) is 6.83. The lowest BCUT2D eigenvalue weighted by atomic mass is 10.2. The molecule has 5 nitrogen and oxygen atoms in total. The predicted molar refractivity (Wildman–Crippen MR) is 93.0 cm³/mol. The number of amides is 1. The maximum absolute atomic E-state index is 12.1. The van der Waals surface area contributed by atoms with Crippen LogP contribution in [0.4, 0.5) is 5.82 Å². The Kier molecular flexibility index (Phi) is 5.23. The summed E-state index contributed by atoms with van der Waals surface area (Å²) in [7, 11) is 0. The van der Waals surface area contributed by atoms with Gasteiger partial charge in [-0.05, 0) is 31.0 Å². The van der Waals surface area contributed by atoms with E-state index >= 15 is 0 Å². The van der Waals surface area contributed by atoms with Gasteiger partial charge in [0.15, 0.2) is 6.61 Å². The smallest absolute Gasteiger partial charge is 0.263 e. The van der Waals surface area contributed by atoms with E-state index in [1.165, 1.54) is 12.8 Å². The molecule has 1 N–H and O–H groups in total. The van der Waals surface area contributed by atoms with Gasteiger partial charge in [-0.3, -0.25) is 4.79 Å². The monoisotopic (exact) mass is 397 g/mol. The molecule has 1 fully saturated rings. The summed E-state index contributed by atoms with van der Waals surface area (Å²) in [6, 6.07) is 7.45. The standard InChI is InChI=1S/C16H17BrClN3O2/c17-11-5-6-14(13(18)9-11)23-10-16(22)20-15-7-8-19-21(15)12-3-1-2-4-12/h5-9,12H,1-4,10H2,(H,20,22). The van der Waals surface area contributed by atoms with Crippen molar-refractivity contribution in [2.24, 2.45) is 0 Å². The number of halogens is 2. The van der Waals surface area contributed by atoms with Gasteiger partial charge in [-0.2, -0.15) is 5.10 Å². The van der Waals surface area contributed by atoms with Crippen molar-refractivity contribution in [1.29, 1.82) is 0 Å². The molecular formula is C16H17BrClN3O2. The number of carbonyl (C=O) groups is 1. The average molecular weight is 399 g/mol. The van der Waals surface area contributed by atoms with Crippen LogP contribution in [0.25, 0.3) is 0 Å². The molecule has 1 aliphatic carbocycles. The van der Waals surface area contributed by atoms with Crippen LogP contribution in [0.15, 0.2) is 34.9 Å².